The van der Waals surface area contributed by atoms with E-state index in [0.717, 1.165) is 0 Å². The van der Waals surface area contributed by atoms with Gasteiger partial charge in [-0.25, -0.2) is 4.58 Å². The van der Waals surface area contributed by atoms with Gasteiger partial charge in [-0.2, -0.15) is 0 Å². The zero-order chi connectivity index (χ0) is 11.0. The largest absolute Gasteiger partial charge is 0.226 e. The first-order valence-corrected chi connectivity index (χ1v) is 5.82. The number of nitrogens with zero attached hydrogens (tertiary/aromatic N) is 1. The van der Waals surface area contributed by atoms with Gasteiger partial charge in [0.05, 0.1) is 0 Å². The zero-order valence-corrected chi connectivity index (χ0v) is 10.1. The van der Waals surface area contributed by atoms with E-state index in [0.29, 0.717) is 18.0 Å². The van der Waals surface area contributed by atoms with E-state index >= 15 is 0 Å². The van der Waals surface area contributed by atoms with Crippen LogP contribution in [0.15, 0.2) is 24.3 Å². The van der Waals surface area contributed by atoms with Crippen molar-refractivity contribution < 1.29 is 4.58 Å². The number of rotatable bonds is 2. The molecule has 0 spiro atoms. The van der Waals surface area contributed by atoms with E-state index in [2.05, 4.69) is 62.8 Å². The number of hydrogen-bond acceptors (Lipinski definition) is 0. The van der Waals surface area contributed by atoms with Gasteiger partial charge >= 0.3 is 0 Å². The second-order valence-corrected chi connectivity index (χ2v) is 4.99. The Balaban J connectivity index is 2.47. The predicted octanol–water partition coefficient (Wildman–Crippen LogP) is 3.24. The summed E-state index contributed by atoms with van der Waals surface area (Å²) >= 11 is 0. The van der Waals surface area contributed by atoms with Gasteiger partial charge in [-0.05, 0) is 19.9 Å². The van der Waals surface area contributed by atoms with Crippen molar-refractivity contribution in [2.45, 2.75) is 39.8 Å². The molecular weight excluding hydrogens is 182 g/mol. The SMILES string of the molecule is CC(C)C1c2ccccc2C=[N+]1C(C)C. The molecule has 1 unspecified atom stereocenters. The van der Waals surface area contributed by atoms with Gasteiger partial charge in [0.15, 0.2) is 12.3 Å². The van der Waals surface area contributed by atoms with Crippen LogP contribution in [0.2, 0.25) is 0 Å². The molecule has 1 aromatic carbocycles. The van der Waals surface area contributed by atoms with E-state index in [-0.39, 0.29) is 0 Å². The Labute approximate surface area is 92.5 Å². The van der Waals surface area contributed by atoms with E-state index < -0.39 is 0 Å². The maximum atomic E-state index is 2.48. The first-order chi connectivity index (χ1) is 7.11. The third kappa shape index (κ3) is 1.71. The molecule has 0 amide bonds. The van der Waals surface area contributed by atoms with Crippen LogP contribution in [0.4, 0.5) is 0 Å². The van der Waals surface area contributed by atoms with Crippen molar-refractivity contribution in [3.63, 3.8) is 0 Å². The molecule has 1 nitrogen and oxygen atoms in total. The van der Waals surface area contributed by atoms with Crippen LogP contribution in [0.3, 0.4) is 0 Å². The summed E-state index contributed by atoms with van der Waals surface area (Å²) in [5.41, 5.74) is 2.88. The van der Waals surface area contributed by atoms with Crippen LogP contribution in [0.25, 0.3) is 0 Å². The van der Waals surface area contributed by atoms with Crippen molar-refractivity contribution in [3.05, 3.63) is 35.4 Å². The average Bonchev–Trinajstić information content (AvgIpc) is 2.56. The third-order valence-corrected chi connectivity index (χ3v) is 3.15. The molecule has 1 aromatic rings. The molecule has 2 rings (SSSR count). The second kappa shape index (κ2) is 3.80. The fourth-order valence-electron chi connectivity index (χ4n) is 2.47. The summed E-state index contributed by atoms with van der Waals surface area (Å²) in [5, 5.41) is 0. The lowest BCUT2D eigenvalue weighted by Crippen LogP contribution is -2.25. The first kappa shape index (κ1) is 10.4. The minimum absolute atomic E-state index is 0.557. The minimum atomic E-state index is 0.557. The molecule has 0 aliphatic carbocycles. The monoisotopic (exact) mass is 202 g/mol. The molecule has 0 fully saturated rings. The van der Waals surface area contributed by atoms with Gasteiger partial charge in [-0.1, -0.05) is 32.0 Å². The maximum Gasteiger partial charge on any atom is 0.181 e. The van der Waals surface area contributed by atoms with E-state index in [4.69, 9.17) is 0 Å². The topological polar surface area (TPSA) is 3.01 Å². The Kier molecular flexibility index (Phi) is 2.64. The number of fused-ring (bicyclic) bond motifs is 1. The molecule has 15 heavy (non-hydrogen) atoms. The fourth-order valence-corrected chi connectivity index (χ4v) is 2.47. The van der Waals surface area contributed by atoms with E-state index in [1.165, 1.54) is 11.1 Å². The molecule has 1 heterocycles. The van der Waals surface area contributed by atoms with Crippen LogP contribution in [-0.2, 0) is 0 Å². The summed E-state index contributed by atoms with van der Waals surface area (Å²) < 4.78 is 2.48. The van der Waals surface area contributed by atoms with Crippen LogP contribution in [-0.4, -0.2) is 16.8 Å². The summed E-state index contributed by atoms with van der Waals surface area (Å²) in [6, 6.07) is 9.88. The van der Waals surface area contributed by atoms with Crippen molar-refractivity contribution in [1.29, 1.82) is 0 Å². The summed E-state index contributed by atoms with van der Waals surface area (Å²) in [6.45, 7) is 9.13. The number of hydrogen-bond donors (Lipinski definition) is 0. The molecule has 0 N–H and O–H groups in total. The average molecular weight is 202 g/mol. The molecule has 1 aliphatic rings. The van der Waals surface area contributed by atoms with Crippen molar-refractivity contribution >= 4 is 6.21 Å². The van der Waals surface area contributed by atoms with Gasteiger partial charge in [0, 0.05) is 17.0 Å². The normalized spacial score (nSPS) is 19.6. The second-order valence-electron chi connectivity index (χ2n) is 4.99. The highest BCUT2D eigenvalue weighted by Crippen LogP contribution is 2.32. The molecule has 0 bridgehead atoms. The lowest BCUT2D eigenvalue weighted by Gasteiger charge is -2.17. The molecular formula is C14H20N+. The standard InChI is InChI=1S/C14H20N/c1-10(2)14-13-8-6-5-7-12(13)9-15(14)11(3)4/h5-11,14H,1-4H3/q+1. The first-order valence-electron chi connectivity index (χ1n) is 5.82. The smallest absolute Gasteiger partial charge is 0.181 e. The molecule has 80 valence electrons. The molecule has 0 saturated carbocycles. The highest BCUT2D eigenvalue weighted by atomic mass is 15.1. The van der Waals surface area contributed by atoms with E-state index in [1.54, 1.807) is 0 Å². The fraction of sp³-hybridized carbons (Fsp3) is 0.500. The third-order valence-electron chi connectivity index (χ3n) is 3.15. The van der Waals surface area contributed by atoms with Crippen LogP contribution in [0, 0.1) is 5.92 Å². The molecule has 1 heteroatoms. The Hall–Kier alpha value is -1.11. The highest BCUT2D eigenvalue weighted by molar-refractivity contribution is 5.80. The zero-order valence-electron chi connectivity index (χ0n) is 10.1. The predicted molar refractivity (Wildman–Crippen MR) is 64.6 cm³/mol. The van der Waals surface area contributed by atoms with Gasteiger partial charge in [0.2, 0.25) is 0 Å². The van der Waals surface area contributed by atoms with E-state index in [9.17, 15) is 0 Å². The van der Waals surface area contributed by atoms with E-state index in [1.807, 2.05) is 0 Å². The van der Waals surface area contributed by atoms with Crippen molar-refractivity contribution in [2.75, 3.05) is 0 Å². The Morgan fingerprint density at radius 2 is 1.73 bits per heavy atom. The number of benzene rings is 1. The van der Waals surface area contributed by atoms with Crippen molar-refractivity contribution in [2.24, 2.45) is 5.92 Å². The minimum Gasteiger partial charge on any atom is -0.226 e. The van der Waals surface area contributed by atoms with Crippen molar-refractivity contribution in [1.82, 2.24) is 0 Å². The maximum absolute atomic E-state index is 2.48. The summed E-state index contributed by atoms with van der Waals surface area (Å²) in [4.78, 5) is 0. The van der Waals surface area contributed by atoms with Gasteiger partial charge < -0.3 is 0 Å². The Morgan fingerprint density at radius 3 is 2.33 bits per heavy atom. The van der Waals surface area contributed by atoms with Gasteiger partial charge in [0.1, 0.15) is 6.04 Å². The Bertz CT molecular complexity index is 388. The molecule has 0 aromatic heterocycles. The van der Waals surface area contributed by atoms with Gasteiger partial charge in [-0.3, -0.25) is 0 Å². The summed E-state index contributed by atoms with van der Waals surface area (Å²) in [5.74, 6) is 0.660. The lowest BCUT2D eigenvalue weighted by molar-refractivity contribution is -0.599. The quantitative estimate of drug-likeness (QED) is 0.648. The summed E-state index contributed by atoms with van der Waals surface area (Å²) in [7, 11) is 0. The van der Waals surface area contributed by atoms with Crippen molar-refractivity contribution in [3.8, 4) is 0 Å². The lowest BCUT2D eigenvalue weighted by atomic mass is 9.94. The Morgan fingerprint density at radius 1 is 1.07 bits per heavy atom. The van der Waals surface area contributed by atoms with Gasteiger partial charge in [-0.15, -0.1) is 0 Å². The molecule has 0 radical (unpaired) electrons. The highest BCUT2D eigenvalue weighted by Gasteiger charge is 2.35. The van der Waals surface area contributed by atoms with Crippen LogP contribution >= 0.6 is 0 Å². The van der Waals surface area contributed by atoms with Gasteiger partial charge in [0.25, 0.3) is 0 Å². The molecule has 0 saturated heterocycles. The molecule has 1 atom stereocenters. The van der Waals surface area contributed by atoms with Crippen LogP contribution in [0.1, 0.15) is 44.9 Å². The summed E-state index contributed by atoms with van der Waals surface area (Å²) in [6.07, 6.45) is 2.31. The molecule has 1 aliphatic heterocycles. The van der Waals surface area contributed by atoms with Crippen LogP contribution < -0.4 is 0 Å². The van der Waals surface area contributed by atoms with Crippen LogP contribution in [0.5, 0.6) is 0 Å².